The van der Waals surface area contributed by atoms with Gasteiger partial charge in [0, 0.05) is 10.5 Å². The normalized spacial score (nSPS) is 13.4. The number of hydrogen-bond acceptors (Lipinski definition) is 7. The fourth-order valence-electron chi connectivity index (χ4n) is 2.28. The van der Waals surface area contributed by atoms with E-state index in [0.29, 0.717) is 11.3 Å². The number of nitrogens with zero attached hydrogens (tertiary/aromatic N) is 1. The molecule has 0 spiro atoms. The Morgan fingerprint density at radius 1 is 1.27 bits per heavy atom. The number of methoxy groups -OCH3 is 2. The Hall–Kier alpha value is -3.08. The lowest BCUT2D eigenvalue weighted by molar-refractivity contribution is -0.492. The molecule has 0 aliphatic heterocycles. The van der Waals surface area contributed by atoms with Crippen LogP contribution in [0.4, 0.5) is 0 Å². The molecule has 8 nitrogen and oxygen atoms in total. The molecule has 0 saturated carbocycles. The largest absolute Gasteiger partial charge is 0.497 e. The molecule has 0 aliphatic rings. The van der Waals surface area contributed by atoms with Crippen LogP contribution < -0.4 is 4.74 Å². The molecule has 2 atom stereocenters. The number of rotatable bonds is 7. The Kier molecular flexibility index (Phi) is 7.59. The van der Waals surface area contributed by atoms with Crippen molar-refractivity contribution in [1.82, 2.24) is 0 Å². The smallest absolute Gasteiger partial charge is 0.332 e. The van der Waals surface area contributed by atoms with Gasteiger partial charge in [-0.15, -0.1) is 0 Å². The Morgan fingerprint density at radius 3 is 2.35 bits per heavy atom. The number of hydrogen-bond donors (Lipinski definition) is 0. The molecule has 0 N–H and O–H groups in total. The third kappa shape index (κ3) is 4.96. The minimum absolute atomic E-state index is 0.00357. The van der Waals surface area contributed by atoms with E-state index in [1.165, 1.54) is 14.0 Å². The Balaban J connectivity index is 3.44. The van der Waals surface area contributed by atoms with E-state index in [0.717, 1.165) is 7.11 Å². The summed E-state index contributed by atoms with van der Waals surface area (Å²) in [5.41, 5.74) is -1.47. The van der Waals surface area contributed by atoms with E-state index >= 15 is 0 Å². The van der Waals surface area contributed by atoms with Crippen LogP contribution in [0.2, 0.25) is 0 Å². The summed E-state index contributed by atoms with van der Waals surface area (Å²) >= 11 is 0. The fourth-order valence-corrected chi connectivity index (χ4v) is 2.28. The summed E-state index contributed by atoms with van der Waals surface area (Å²) in [7, 11) is 2.65. The van der Waals surface area contributed by atoms with Gasteiger partial charge in [0.25, 0.3) is 0 Å². The van der Waals surface area contributed by atoms with Gasteiger partial charge in [0.05, 0.1) is 26.7 Å². The zero-order chi connectivity index (χ0) is 19.7. The van der Waals surface area contributed by atoms with E-state index in [1.54, 1.807) is 31.2 Å². The molecule has 0 fully saturated rings. The highest BCUT2D eigenvalue weighted by atomic mass is 16.6. The van der Waals surface area contributed by atoms with Crippen LogP contribution in [0.1, 0.15) is 19.4 Å². The summed E-state index contributed by atoms with van der Waals surface area (Å²) in [5, 5.41) is 11.2. The van der Waals surface area contributed by atoms with Crippen molar-refractivity contribution >= 4 is 11.9 Å². The van der Waals surface area contributed by atoms with Gasteiger partial charge in [-0.25, -0.2) is 0 Å². The first-order valence-electron chi connectivity index (χ1n) is 7.84. The summed E-state index contributed by atoms with van der Waals surface area (Å²) in [6, 6.07) is 6.59. The third-order valence-corrected chi connectivity index (χ3v) is 3.83. The SMILES string of the molecule is CCOC(=O)C(C#Cc1ccc(OC)cc1)(C[N+](=O)[O-])C(C)C(=O)OC. The highest BCUT2D eigenvalue weighted by Gasteiger charge is 2.52. The van der Waals surface area contributed by atoms with Crippen molar-refractivity contribution in [2.45, 2.75) is 13.8 Å². The van der Waals surface area contributed by atoms with E-state index in [-0.39, 0.29) is 6.61 Å². The van der Waals surface area contributed by atoms with Gasteiger partial charge >= 0.3 is 11.9 Å². The molecule has 0 radical (unpaired) electrons. The monoisotopic (exact) mass is 363 g/mol. The van der Waals surface area contributed by atoms with E-state index in [4.69, 9.17) is 9.47 Å². The van der Waals surface area contributed by atoms with Crippen LogP contribution in [0.5, 0.6) is 5.75 Å². The number of ether oxygens (including phenoxy) is 3. The molecule has 0 bridgehead atoms. The summed E-state index contributed by atoms with van der Waals surface area (Å²) in [4.78, 5) is 35.0. The van der Waals surface area contributed by atoms with Crippen LogP contribution in [-0.4, -0.2) is 44.2 Å². The second-order valence-corrected chi connectivity index (χ2v) is 5.41. The molecule has 0 aromatic heterocycles. The summed E-state index contributed by atoms with van der Waals surface area (Å²) in [6.07, 6.45) is 0. The van der Waals surface area contributed by atoms with Crippen LogP contribution in [0, 0.1) is 33.3 Å². The van der Waals surface area contributed by atoms with Gasteiger partial charge in [-0.05, 0) is 38.1 Å². The number of carbonyl (C=O) groups is 2. The van der Waals surface area contributed by atoms with Crippen molar-refractivity contribution in [3.05, 3.63) is 39.9 Å². The van der Waals surface area contributed by atoms with Crippen LogP contribution in [-0.2, 0) is 19.1 Å². The number of esters is 2. The van der Waals surface area contributed by atoms with Crippen molar-refractivity contribution in [1.29, 1.82) is 0 Å². The van der Waals surface area contributed by atoms with Gasteiger partial charge in [0.15, 0.2) is 0 Å². The van der Waals surface area contributed by atoms with Gasteiger partial charge in [-0.1, -0.05) is 11.8 Å². The molecule has 8 heteroatoms. The van der Waals surface area contributed by atoms with E-state index in [1.807, 2.05) is 0 Å². The predicted molar refractivity (Wildman–Crippen MR) is 92.0 cm³/mol. The first-order valence-corrected chi connectivity index (χ1v) is 7.84. The van der Waals surface area contributed by atoms with E-state index in [9.17, 15) is 19.7 Å². The van der Waals surface area contributed by atoms with Gasteiger partial charge < -0.3 is 14.2 Å². The molecular formula is C18H21NO7. The molecule has 26 heavy (non-hydrogen) atoms. The average molecular weight is 363 g/mol. The summed E-state index contributed by atoms with van der Waals surface area (Å²) in [6.45, 7) is 2.03. The minimum atomic E-state index is -1.97. The van der Waals surface area contributed by atoms with Gasteiger partial charge in [0.2, 0.25) is 12.0 Å². The van der Waals surface area contributed by atoms with Crippen molar-refractivity contribution in [2.75, 3.05) is 27.4 Å². The van der Waals surface area contributed by atoms with Crippen LogP contribution in [0.15, 0.2) is 24.3 Å². The highest BCUT2D eigenvalue weighted by molar-refractivity contribution is 5.88. The quantitative estimate of drug-likeness (QED) is 0.314. The molecule has 1 aromatic carbocycles. The van der Waals surface area contributed by atoms with Crippen LogP contribution >= 0.6 is 0 Å². The zero-order valence-corrected chi connectivity index (χ0v) is 15.1. The third-order valence-electron chi connectivity index (χ3n) is 3.83. The summed E-state index contributed by atoms with van der Waals surface area (Å²) in [5.74, 6) is 3.03. The van der Waals surface area contributed by atoms with Gasteiger partial charge in [0.1, 0.15) is 5.75 Å². The van der Waals surface area contributed by atoms with E-state index < -0.39 is 34.7 Å². The Morgan fingerprint density at radius 2 is 1.88 bits per heavy atom. The summed E-state index contributed by atoms with van der Waals surface area (Å²) < 4.78 is 14.7. The molecule has 0 heterocycles. The maximum absolute atomic E-state index is 12.5. The van der Waals surface area contributed by atoms with Gasteiger partial charge in [-0.2, -0.15) is 0 Å². The van der Waals surface area contributed by atoms with E-state index in [2.05, 4.69) is 16.6 Å². The molecule has 0 amide bonds. The van der Waals surface area contributed by atoms with Crippen molar-refractivity contribution in [3.63, 3.8) is 0 Å². The molecular weight excluding hydrogens is 342 g/mol. The average Bonchev–Trinajstić information content (AvgIpc) is 2.64. The van der Waals surface area contributed by atoms with Crippen molar-refractivity contribution in [2.24, 2.45) is 11.3 Å². The fraction of sp³-hybridized carbons (Fsp3) is 0.444. The Bertz CT molecular complexity index is 717. The second-order valence-electron chi connectivity index (χ2n) is 5.41. The van der Waals surface area contributed by atoms with Gasteiger partial charge in [-0.3, -0.25) is 19.7 Å². The molecule has 0 aliphatic carbocycles. The lowest BCUT2D eigenvalue weighted by Gasteiger charge is -2.26. The maximum Gasteiger partial charge on any atom is 0.332 e. The second kappa shape index (κ2) is 9.42. The number of carbonyl (C=O) groups excluding carboxylic acids is 2. The Labute approximate surface area is 151 Å². The first-order chi connectivity index (χ1) is 12.3. The molecule has 0 saturated heterocycles. The molecule has 2 unspecified atom stereocenters. The molecule has 140 valence electrons. The number of nitro groups is 1. The number of benzene rings is 1. The zero-order valence-electron chi connectivity index (χ0n) is 15.1. The van der Waals surface area contributed by atoms with Crippen LogP contribution in [0.25, 0.3) is 0 Å². The lowest BCUT2D eigenvalue weighted by atomic mass is 9.76. The van der Waals surface area contributed by atoms with Crippen molar-refractivity contribution < 1.29 is 28.7 Å². The molecule has 1 rings (SSSR count). The topological polar surface area (TPSA) is 105 Å². The van der Waals surface area contributed by atoms with Crippen LogP contribution in [0.3, 0.4) is 0 Å². The highest BCUT2D eigenvalue weighted by Crippen LogP contribution is 2.31. The molecule has 1 aromatic rings. The predicted octanol–water partition coefficient (Wildman–Crippen LogP) is 1.68. The van der Waals surface area contributed by atoms with Crippen molar-refractivity contribution in [3.8, 4) is 17.6 Å². The minimum Gasteiger partial charge on any atom is -0.497 e. The standard InChI is InChI=1S/C18H21NO7/c1-5-26-17(21)18(12-19(22)23,13(2)16(20)25-4)11-10-14-6-8-15(24-3)9-7-14/h6-9,13H,5,12H2,1-4H3. The lowest BCUT2D eigenvalue weighted by Crippen LogP contribution is -2.47. The maximum atomic E-state index is 12.5. The first kappa shape index (κ1) is 21.0.